The fourth-order valence-electron chi connectivity index (χ4n) is 2.48. The smallest absolute Gasteiger partial charge is 0.335 e. The second kappa shape index (κ2) is 6.72. The summed E-state index contributed by atoms with van der Waals surface area (Å²) in [5, 5.41) is 14.8. The van der Waals surface area contributed by atoms with Crippen LogP contribution in [0.4, 0.5) is 0 Å². The molecule has 6 nitrogen and oxygen atoms in total. The van der Waals surface area contributed by atoms with E-state index in [0.29, 0.717) is 29.1 Å². The van der Waals surface area contributed by atoms with Gasteiger partial charge in [-0.15, -0.1) is 0 Å². The second-order valence-corrected chi connectivity index (χ2v) is 6.63. The number of nitrogens with zero attached hydrogens (tertiary/aromatic N) is 3. The molecular formula is C18H18ClN3O3. The van der Waals surface area contributed by atoms with Gasteiger partial charge < -0.3 is 9.84 Å². The molecule has 3 aromatic rings. The minimum Gasteiger partial charge on any atom is -0.478 e. The van der Waals surface area contributed by atoms with Crippen LogP contribution in [0.5, 0.6) is 5.88 Å². The normalized spacial score (nSPS) is 11.2. The van der Waals surface area contributed by atoms with Crippen LogP contribution in [-0.2, 0) is 0 Å². The highest BCUT2D eigenvalue weighted by atomic mass is 35.5. The van der Waals surface area contributed by atoms with Gasteiger partial charge in [-0.25, -0.2) is 14.5 Å². The summed E-state index contributed by atoms with van der Waals surface area (Å²) < 4.78 is 7.28. The number of benzene rings is 1. The Morgan fingerprint density at radius 3 is 2.76 bits per heavy atom. The minimum atomic E-state index is -0.967. The van der Waals surface area contributed by atoms with Crippen LogP contribution in [0.15, 0.2) is 30.5 Å². The number of carboxylic acid groups (broad SMARTS) is 1. The topological polar surface area (TPSA) is 77.2 Å². The quantitative estimate of drug-likeness (QED) is 0.741. The summed E-state index contributed by atoms with van der Waals surface area (Å²) >= 11 is 6.28. The molecule has 0 bridgehead atoms. The molecule has 2 aromatic heterocycles. The predicted molar refractivity (Wildman–Crippen MR) is 95.9 cm³/mol. The van der Waals surface area contributed by atoms with Crippen molar-refractivity contribution in [1.29, 1.82) is 0 Å². The number of pyridine rings is 1. The summed E-state index contributed by atoms with van der Waals surface area (Å²) in [5.41, 5.74) is 2.43. The zero-order chi connectivity index (χ0) is 18.1. The first-order valence-corrected chi connectivity index (χ1v) is 8.26. The number of hydrogen-bond acceptors (Lipinski definition) is 4. The Balaban J connectivity index is 2.02. The first kappa shape index (κ1) is 17.2. The lowest BCUT2D eigenvalue weighted by Gasteiger charge is -2.10. The van der Waals surface area contributed by atoms with E-state index in [2.05, 4.69) is 10.1 Å². The zero-order valence-electron chi connectivity index (χ0n) is 14.2. The molecule has 7 heteroatoms. The Hall–Kier alpha value is -2.60. The molecule has 1 N–H and O–H groups in total. The van der Waals surface area contributed by atoms with Gasteiger partial charge in [0.25, 0.3) is 0 Å². The number of carboxylic acids is 1. The predicted octanol–water partition coefficient (Wildman–Crippen LogP) is 4.12. The highest BCUT2D eigenvalue weighted by Crippen LogP contribution is 2.28. The van der Waals surface area contributed by atoms with Crippen molar-refractivity contribution in [2.45, 2.75) is 20.8 Å². The van der Waals surface area contributed by atoms with Crippen LogP contribution in [-0.4, -0.2) is 32.4 Å². The maximum Gasteiger partial charge on any atom is 0.335 e. The van der Waals surface area contributed by atoms with E-state index in [-0.39, 0.29) is 5.56 Å². The van der Waals surface area contributed by atoms with Crippen molar-refractivity contribution in [2.24, 2.45) is 5.92 Å². The van der Waals surface area contributed by atoms with Gasteiger partial charge in [-0.05, 0) is 37.1 Å². The highest BCUT2D eigenvalue weighted by molar-refractivity contribution is 6.32. The molecule has 130 valence electrons. The third-order valence-electron chi connectivity index (χ3n) is 3.70. The number of halogens is 1. The molecule has 0 fully saturated rings. The summed E-state index contributed by atoms with van der Waals surface area (Å²) in [4.78, 5) is 15.4. The molecule has 0 spiro atoms. The third kappa shape index (κ3) is 3.44. The molecular weight excluding hydrogens is 342 g/mol. The van der Waals surface area contributed by atoms with Crippen molar-refractivity contribution in [2.75, 3.05) is 6.61 Å². The Labute approximate surface area is 150 Å². The van der Waals surface area contributed by atoms with E-state index in [0.717, 1.165) is 16.6 Å². The number of rotatable bonds is 5. The van der Waals surface area contributed by atoms with Crippen LogP contribution in [0, 0.1) is 12.8 Å². The van der Waals surface area contributed by atoms with Gasteiger partial charge >= 0.3 is 5.97 Å². The Bertz CT molecular complexity index is 950. The molecule has 0 radical (unpaired) electrons. The van der Waals surface area contributed by atoms with Crippen molar-refractivity contribution >= 4 is 28.5 Å². The molecule has 25 heavy (non-hydrogen) atoms. The van der Waals surface area contributed by atoms with Crippen molar-refractivity contribution in [3.05, 3.63) is 46.7 Å². The van der Waals surface area contributed by atoms with Crippen LogP contribution in [0.3, 0.4) is 0 Å². The maximum atomic E-state index is 11.2. The van der Waals surface area contributed by atoms with Gasteiger partial charge in [-0.1, -0.05) is 25.4 Å². The molecule has 0 aliphatic heterocycles. The molecule has 2 heterocycles. The number of carbonyl (C=O) groups is 1. The summed E-state index contributed by atoms with van der Waals surface area (Å²) in [7, 11) is 0. The van der Waals surface area contributed by atoms with E-state index in [4.69, 9.17) is 21.4 Å². The van der Waals surface area contributed by atoms with Gasteiger partial charge in [0, 0.05) is 5.39 Å². The van der Waals surface area contributed by atoms with E-state index < -0.39 is 5.97 Å². The number of aryl methyl sites for hydroxylation is 1. The Morgan fingerprint density at radius 1 is 1.36 bits per heavy atom. The second-order valence-electron chi connectivity index (χ2n) is 6.22. The van der Waals surface area contributed by atoms with Gasteiger partial charge in [-0.3, -0.25) is 0 Å². The maximum absolute atomic E-state index is 11.2. The zero-order valence-corrected chi connectivity index (χ0v) is 14.9. The molecule has 0 atom stereocenters. The Kier molecular flexibility index (Phi) is 4.63. The van der Waals surface area contributed by atoms with Crippen LogP contribution in [0.2, 0.25) is 5.02 Å². The van der Waals surface area contributed by atoms with E-state index in [1.165, 1.54) is 0 Å². The average molecular weight is 360 g/mol. The van der Waals surface area contributed by atoms with Gasteiger partial charge in [0.15, 0.2) is 0 Å². The third-order valence-corrected chi connectivity index (χ3v) is 3.97. The van der Waals surface area contributed by atoms with E-state index in [9.17, 15) is 4.79 Å². The first-order valence-electron chi connectivity index (χ1n) is 7.88. The largest absolute Gasteiger partial charge is 0.478 e. The molecule has 0 saturated heterocycles. The number of aromatic carboxylic acids is 1. The number of aromatic nitrogens is 3. The summed E-state index contributed by atoms with van der Waals surface area (Å²) in [6, 6.07) is 6.64. The fourth-order valence-corrected chi connectivity index (χ4v) is 2.70. The standard InChI is InChI=1S/C18H18ClN3O3/c1-10(2)9-25-17-15(19)7-13(8-20-17)22-16-5-4-12(18(23)24)6-14(16)11(3)21-22/h4-8,10H,9H2,1-3H3,(H,23,24). The van der Waals surface area contributed by atoms with Crippen LogP contribution in [0.1, 0.15) is 29.9 Å². The van der Waals surface area contributed by atoms with Crippen molar-refractivity contribution in [3.63, 3.8) is 0 Å². The van der Waals surface area contributed by atoms with Crippen LogP contribution in [0.25, 0.3) is 16.6 Å². The Morgan fingerprint density at radius 2 is 2.12 bits per heavy atom. The lowest BCUT2D eigenvalue weighted by molar-refractivity contribution is 0.0697. The number of hydrogen-bond donors (Lipinski definition) is 1. The van der Waals surface area contributed by atoms with Crippen LogP contribution >= 0.6 is 11.6 Å². The molecule has 0 aliphatic rings. The van der Waals surface area contributed by atoms with Gasteiger partial charge in [-0.2, -0.15) is 5.10 Å². The average Bonchev–Trinajstić information content (AvgIpc) is 2.90. The van der Waals surface area contributed by atoms with Gasteiger partial charge in [0.2, 0.25) is 5.88 Å². The number of ether oxygens (including phenoxy) is 1. The lowest BCUT2D eigenvalue weighted by atomic mass is 10.1. The molecule has 0 amide bonds. The lowest BCUT2D eigenvalue weighted by Crippen LogP contribution is -2.06. The van der Waals surface area contributed by atoms with Crippen LogP contribution < -0.4 is 4.74 Å². The van der Waals surface area contributed by atoms with Gasteiger partial charge in [0.05, 0.1) is 35.3 Å². The molecule has 0 aliphatic carbocycles. The summed E-state index contributed by atoms with van der Waals surface area (Å²) in [6.45, 7) is 6.46. The molecule has 0 unspecified atom stereocenters. The molecule has 0 saturated carbocycles. The van der Waals surface area contributed by atoms with E-state index >= 15 is 0 Å². The van der Waals surface area contributed by atoms with Crippen molar-refractivity contribution < 1.29 is 14.6 Å². The number of fused-ring (bicyclic) bond motifs is 1. The molecule has 1 aromatic carbocycles. The minimum absolute atomic E-state index is 0.226. The monoisotopic (exact) mass is 359 g/mol. The summed E-state index contributed by atoms with van der Waals surface area (Å²) in [6.07, 6.45) is 1.64. The van der Waals surface area contributed by atoms with Crippen molar-refractivity contribution in [3.8, 4) is 11.6 Å². The summed E-state index contributed by atoms with van der Waals surface area (Å²) in [5.74, 6) is -0.204. The molecule has 3 rings (SSSR count). The SMILES string of the molecule is Cc1nn(-c2cnc(OCC(C)C)c(Cl)c2)c2ccc(C(=O)O)cc12. The van der Waals surface area contributed by atoms with Gasteiger partial charge in [0.1, 0.15) is 5.02 Å². The fraction of sp³-hybridized carbons (Fsp3) is 0.278. The van der Waals surface area contributed by atoms with Crippen molar-refractivity contribution in [1.82, 2.24) is 14.8 Å². The van der Waals surface area contributed by atoms with E-state index in [1.807, 2.05) is 20.8 Å². The highest BCUT2D eigenvalue weighted by Gasteiger charge is 2.14. The van der Waals surface area contributed by atoms with E-state index in [1.54, 1.807) is 35.1 Å². The first-order chi connectivity index (χ1) is 11.9.